The van der Waals surface area contributed by atoms with Crippen molar-refractivity contribution in [2.24, 2.45) is 0 Å². The second-order valence-electron chi connectivity index (χ2n) is 12.2. The molecule has 1 N–H and O–H groups in total. The number of likely N-dealkylation sites (tertiary alicyclic amines) is 2. The second-order valence-corrected chi connectivity index (χ2v) is 12.2. The first-order valence-corrected chi connectivity index (χ1v) is 14.7. The molecule has 1 aromatic rings. The number of piperidine rings is 2. The highest BCUT2D eigenvalue weighted by molar-refractivity contribution is 5.74. The van der Waals surface area contributed by atoms with Gasteiger partial charge in [0.25, 0.3) is 0 Å². The third-order valence-electron chi connectivity index (χ3n) is 9.43. The lowest BCUT2D eigenvalue weighted by atomic mass is 9.87. The predicted molar refractivity (Wildman–Crippen MR) is 147 cm³/mol. The Balaban J connectivity index is 1.44. The molecule has 0 aliphatic carbocycles. The molecular formula is C29H40F6N4O4. The summed E-state index contributed by atoms with van der Waals surface area (Å²) in [7, 11) is 1.85. The summed E-state index contributed by atoms with van der Waals surface area (Å²) >= 11 is 0. The highest BCUT2D eigenvalue weighted by Gasteiger charge is 2.42. The summed E-state index contributed by atoms with van der Waals surface area (Å²) in [5, 5.41) is 9.58. The minimum atomic E-state index is -4.65. The maximum Gasteiger partial charge on any atom is 0.425 e. The maximum absolute atomic E-state index is 13.7. The number of carbonyl (C=O) groups is 2. The van der Waals surface area contributed by atoms with Gasteiger partial charge in [0.05, 0.1) is 5.56 Å². The Labute approximate surface area is 247 Å². The highest BCUT2D eigenvalue weighted by Crippen LogP contribution is 2.37. The van der Waals surface area contributed by atoms with Crippen LogP contribution < -0.4 is 4.90 Å². The van der Waals surface area contributed by atoms with Crippen molar-refractivity contribution in [3.63, 3.8) is 0 Å². The van der Waals surface area contributed by atoms with Gasteiger partial charge < -0.3 is 19.6 Å². The van der Waals surface area contributed by atoms with Crippen LogP contribution in [0.2, 0.25) is 0 Å². The van der Waals surface area contributed by atoms with E-state index in [-0.39, 0.29) is 19.1 Å². The summed E-state index contributed by atoms with van der Waals surface area (Å²) in [6.45, 7) is 5.15. The van der Waals surface area contributed by atoms with E-state index in [1.54, 1.807) is 0 Å². The van der Waals surface area contributed by atoms with E-state index in [2.05, 4.69) is 4.74 Å². The number of nitrogens with zero attached hydrogens (tertiary/aromatic N) is 4. The van der Waals surface area contributed by atoms with Crippen LogP contribution in [0.15, 0.2) is 18.2 Å². The first-order valence-electron chi connectivity index (χ1n) is 14.7. The van der Waals surface area contributed by atoms with Crippen molar-refractivity contribution in [2.45, 2.75) is 95.0 Å². The highest BCUT2D eigenvalue weighted by atomic mass is 19.4. The lowest BCUT2D eigenvalue weighted by Crippen LogP contribution is -2.53. The lowest BCUT2D eigenvalue weighted by Gasteiger charge is -2.45. The van der Waals surface area contributed by atoms with Crippen molar-refractivity contribution in [3.8, 4) is 0 Å². The molecule has 3 fully saturated rings. The minimum Gasteiger partial charge on any atom is -0.480 e. The van der Waals surface area contributed by atoms with Crippen molar-refractivity contribution >= 4 is 17.7 Å². The largest absolute Gasteiger partial charge is 0.480 e. The number of amides is 1. The standard InChI is InChI=1S/C29H40F6N4O4/c1-19(28(30,31)32)43-26(42)38-15-10-27(2,11-16-38)36(3)18-20-6-7-21(29(33,34)35)17-24(20)37-13-8-22(9-14-37)39-12-4-5-23(39)25(40)41/h6-7,17,19,22-23H,4-5,8-16,18H2,1-3H3,(H,40,41)/t19?,23-/m1/s1. The van der Waals surface area contributed by atoms with Crippen molar-refractivity contribution in [3.05, 3.63) is 29.3 Å². The summed E-state index contributed by atoms with van der Waals surface area (Å²) in [5.41, 5.74) is -0.00336. The molecule has 3 heterocycles. The van der Waals surface area contributed by atoms with Crippen molar-refractivity contribution < 1.29 is 45.8 Å². The van der Waals surface area contributed by atoms with Gasteiger partial charge in [0.1, 0.15) is 6.04 Å². The van der Waals surface area contributed by atoms with Gasteiger partial charge in [0.2, 0.25) is 0 Å². The zero-order valence-corrected chi connectivity index (χ0v) is 24.7. The van der Waals surface area contributed by atoms with E-state index in [1.807, 2.05) is 28.7 Å². The number of anilines is 1. The van der Waals surface area contributed by atoms with E-state index < -0.39 is 47.7 Å². The molecule has 43 heavy (non-hydrogen) atoms. The molecule has 3 saturated heterocycles. The van der Waals surface area contributed by atoms with Crippen LogP contribution in [-0.4, -0.2) is 102 Å². The molecule has 2 atom stereocenters. The topological polar surface area (TPSA) is 76.6 Å². The Morgan fingerprint density at radius 3 is 2.23 bits per heavy atom. The number of ether oxygens (including phenoxy) is 1. The van der Waals surface area contributed by atoms with Crippen LogP contribution >= 0.6 is 0 Å². The number of hydrogen-bond acceptors (Lipinski definition) is 6. The summed E-state index contributed by atoms with van der Waals surface area (Å²) < 4.78 is 84.2. The quantitative estimate of drug-likeness (QED) is 0.397. The van der Waals surface area contributed by atoms with Crippen molar-refractivity contribution in [1.82, 2.24) is 14.7 Å². The van der Waals surface area contributed by atoms with E-state index >= 15 is 0 Å². The van der Waals surface area contributed by atoms with Gasteiger partial charge in [0, 0.05) is 50.0 Å². The molecule has 0 bridgehead atoms. The van der Waals surface area contributed by atoms with Crippen LogP contribution in [0.25, 0.3) is 0 Å². The van der Waals surface area contributed by atoms with Gasteiger partial charge in [-0.3, -0.25) is 14.6 Å². The third-order valence-corrected chi connectivity index (χ3v) is 9.43. The van der Waals surface area contributed by atoms with Crippen molar-refractivity contribution in [2.75, 3.05) is 44.7 Å². The van der Waals surface area contributed by atoms with E-state index in [0.717, 1.165) is 19.4 Å². The van der Waals surface area contributed by atoms with E-state index in [9.17, 15) is 41.0 Å². The molecule has 3 aliphatic heterocycles. The van der Waals surface area contributed by atoms with E-state index in [1.165, 1.54) is 17.0 Å². The average Bonchev–Trinajstić information content (AvgIpc) is 3.43. The SMILES string of the molecule is CC(OC(=O)N1CCC(C)(N(C)Cc2ccc(C(F)(F)F)cc2N2CCC(N3CCC[C@@H]3C(=O)O)CC2)CC1)C(F)(F)F. The first-order chi connectivity index (χ1) is 20.0. The number of halogens is 6. The van der Waals surface area contributed by atoms with E-state index in [4.69, 9.17) is 0 Å². The number of benzene rings is 1. The average molecular weight is 623 g/mol. The van der Waals surface area contributed by atoms with Gasteiger partial charge in [0.15, 0.2) is 6.10 Å². The Morgan fingerprint density at radius 2 is 1.67 bits per heavy atom. The van der Waals surface area contributed by atoms with Crippen LogP contribution in [0.4, 0.5) is 36.8 Å². The van der Waals surface area contributed by atoms with E-state index in [0.29, 0.717) is 69.5 Å². The molecule has 0 radical (unpaired) electrons. The molecule has 4 rings (SSSR count). The number of aliphatic carboxylic acids is 1. The lowest BCUT2D eigenvalue weighted by molar-refractivity contribution is -0.200. The number of carboxylic acid groups (broad SMARTS) is 1. The normalized spacial score (nSPS) is 23.1. The van der Waals surface area contributed by atoms with Crippen LogP contribution in [-0.2, 0) is 22.3 Å². The Bertz CT molecular complexity index is 1150. The van der Waals surface area contributed by atoms with Crippen LogP contribution in [0.1, 0.15) is 63.5 Å². The van der Waals surface area contributed by atoms with Crippen LogP contribution in [0.3, 0.4) is 0 Å². The van der Waals surface area contributed by atoms with Gasteiger partial charge in [-0.1, -0.05) is 6.07 Å². The number of alkyl halides is 6. The minimum absolute atomic E-state index is 0.0617. The Morgan fingerprint density at radius 1 is 1.05 bits per heavy atom. The number of hydrogen-bond donors (Lipinski definition) is 1. The molecule has 0 saturated carbocycles. The summed E-state index contributed by atoms with van der Waals surface area (Å²) in [6.07, 6.45) is -8.81. The zero-order chi connectivity index (χ0) is 31.7. The van der Waals surface area contributed by atoms with Gasteiger partial charge >= 0.3 is 24.4 Å². The molecule has 14 heteroatoms. The molecular weight excluding hydrogens is 582 g/mol. The Hall–Kier alpha value is -2.74. The molecule has 8 nitrogen and oxygen atoms in total. The number of carbonyl (C=O) groups excluding carboxylic acids is 1. The zero-order valence-electron chi connectivity index (χ0n) is 24.7. The number of rotatable bonds is 7. The van der Waals surface area contributed by atoms with Gasteiger partial charge in [-0.2, -0.15) is 26.3 Å². The predicted octanol–water partition coefficient (Wildman–Crippen LogP) is 5.60. The molecule has 1 amide bonds. The fourth-order valence-corrected chi connectivity index (χ4v) is 6.39. The van der Waals surface area contributed by atoms with Gasteiger partial charge in [-0.05, 0) is 83.7 Å². The summed E-state index contributed by atoms with van der Waals surface area (Å²) in [5.74, 6) is -0.838. The smallest absolute Gasteiger partial charge is 0.425 e. The summed E-state index contributed by atoms with van der Waals surface area (Å²) in [6, 6.07) is 3.30. The monoisotopic (exact) mass is 622 g/mol. The molecule has 1 unspecified atom stereocenters. The third kappa shape index (κ3) is 7.68. The van der Waals surface area contributed by atoms with Crippen LogP contribution in [0, 0.1) is 0 Å². The maximum atomic E-state index is 13.7. The second kappa shape index (κ2) is 12.7. The first kappa shape index (κ1) is 33.2. The molecule has 0 aromatic heterocycles. The van der Waals surface area contributed by atoms with Gasteiger partial charge in [-0.15, -0.1) is 0 Å². The molecule has 3 aliphatic rings. The number of carboxylic acids is 1. The Kier molecular flexibility index (Phi) is 9.80. The molecule has 242 valence electrons. The fraction of sp³-hybridized carbons (Fsp3) is 0.724. The van der Waals surface area contributed by atoms with Crippen LogP contribution in [0.5, 0.6) is 0 Å². The summed E-state index contributed by atoms with van der Waals surface area (Å²) in [4.78, 5) is 31.2. The fourth-order valence-electron chi connectivity index (χ4n) is 6.39. The van der Waals surface area contributed by atoms with Gasteiger partial charge in [-0.25, -0.2) is 4.79 Å². The molecule has 1 aromatic carbocycles. The van der Waals surface area contributed by atoms with Crippen molar-refractivity contribution in [1.29, 1.82) is 0 Å². The molecule has 0 spiro atoms.